The number of fused-ring (bicyclic) bond motifs is 2. The molecule has 0 aliphatic heterocycles. The molecule has 7 nitrogen and oxygen atoms in total. The molecular weight excluding hydrogens is 370 g/mol. The third-order valence-electron chi connectivity index (χ3n) is 3.88. The molecule has 0 saturated heterocycles. The molecule has 2 heterocycles. The third kappa shape index (κ3) is 3.83. The number of ketones is 2. The van der Waals surface area contributed by atoms with Crippen molar-refractivity contribution in [1.29, 1.82) is 0 Å². The lowest BCUT2D eigenvalue weighted by molar-refractivity contribution is 0.0528. The van der Waals surface area contributed by atoms with Crippen LogP contribution < -0.4 is 5.32 Å². The van der Waals surface area contributed by atoms with Gasteiger partial charge < -0.3 is 10.1 Å². The van der Waals surface area contributed by atoms with E-state index in [2.05, 4.69) is 15.3 Å². The number of ether oxygens (including phenoxy) is 1. The zero-order valence-corrected chi connectivity index (χ0v) is 15.9. The lowest BCUT2D eigenvalue weighted by atomic mass is 9.87. The number of halogens is 1. The number of aromatic nitrogens is 2. The predicted octanol–water partition coefficient (Wildman–Crippen LogP) is 2.97. The molecule has 0 radical (unpaired) electrons. The van der Waals surface area contributed by atoms with Gasteiger partial charge in [0.15, 0.2) is 0 Å². The second-order valence-electron chi connectivity index (χ2n) is 7.05. The summed E-state index contributed by atoms with van der Waals surface area (Å²) in [6.07, 6.45) is 2.63. The predicted molar refractivity (Wildman–Crippen MR) is 98.3 cm³/mol. The molecule has 0 atom stereocenters. The molecular formula is C19H18ClN3O4. The number of nitrogens with zero attached hydrogens (tertiary/aromatic N) is 2. The molecule has 0 spiro atoms. The number of hydrogen-bond acceptors (Lipinski definition) is 6. The van der Waals surface area contributed by atoms with Crippen LogP contribution in [0.5, 0.6) is 0 Å². The van der Waals surface area contributed by atoms with Crippen molar-refractivity contribution in [2.75, 3.05) is 6.54 Å². The summed E-state index contributed by atoms with van der Waals surface area (Å²) in [5.41, 5.74) is 0.356. The molecule has 2 aromatic rings. The van der Waals surface area contributed by atoms with Crippen molar-refractivity contribution in [3.05, 3.63) is 57.6 Å². The smallest absolute Gasteiger partial charge is 0.407 e. The van der Waals surface area contributed by atoms with Gasteiger partial charge in [-0.2, -0.15) is 0 Å². The van der Waals surface area contributed by atoms with E-state index in [0.717, 1.165) is 0 Å². The van der Waals surface area contributed by atoms with Crippen molar-refractivity contribution < 1.29 is 19.1 Å². The van der Waals surface area contributed by atoms with Gasteiger partial charge in [-0.15, -0.1) is 0 Å². The molecule has 0 bridgehead atoms. The SMILES string of the molecule is CC(C)(C)OC(=O)NCCc1ccnc2c1C(=O)c1nccc(Cl)c1C2=O. The van der Waals surface area contributed by atoms with Gasteiger partial charge >= 0.3 is 6.09 Å². The number of amides is 1. The Hall–Kier alpha value is -2.80. The van der Waals surface area contributed by atoms with Crippen molar-refractivity contribution in [2.24, 2.45) is 0 Å². The summed E-state index contributed by atoms with van der Waals surface area (Å²) in [6.45, 7) is 5.55. The van der Waals surface area contributed by atoms with Crippen LogP contribution >= 0.6 is 11.6 Å². The zero-order valence-electron chi connectivity index (χ0n) is 15.1. The summed E-state index contributed by atoms with van der Waals surface area (Å²) in [7, 11) is 0. The highest BCUT2D eigenvalue weighted by molar-refractivity contribution is 6.38. The summed E-state index contributed by atoms with van der Waals surface area (Å²) >= 11 is 6.08. The fourth-order valence-corrected chi connectivity index (χ4v) is 3.04. The summed E-state index contributed by atoms with van der Waals surface area (Å²) in [5.74, 6) is -0.831. The van der Waals surface area contributed by atoms with E-state index in [1.165, 1.54) is 18.5 Å². The Morgan fingerprint density at radius 3 is 2.33 bits per heavy atom. The first kappa shape index (κ1) is 19.0. The van der Waals surface area contributed by atoms with Crippen LogP contribution in [0.4, 0.5) is 4.79 Å². The second-order valence-corrected chi connectivity index (χ2v) is 7.45. The maximum atomic E-state index is 12.9. The minimum absolute atomic E-state index is 0.0225. The second kappa shape index (κ2) is 7.08. The average Bonchev–Trinajstić information content (AvgIpc) is 2.57. The first-order chi connectivity index (χ1) is 12.7. The molecule has 140 valence electrons. The van der Waals surface area contributed by atoms with Gasteiger partial charge in [-0.25, -0.2) is 4.79 Å². The molecule has 0 saturated carbocycles. The molecule has 1 aliphatic rings. The van der Waals surface area contributed by atoms with Crippen molar-refractivity contribution in [3.63, 3.8) is 0 Å². The van der Waals surface area contributed by atoms with E-state index < -0.39 is 23.3 Å². The Morgan fingerprint density at radius 2 is 1.67 bits per heavy atom. The maximum absolute atomic E-state index is 12.9. The number of carbonyl (C=O) groups excluding carboxylic acids is 3. The third-order valence-corrected chi connectivity index (χ3v) is 4.20. The van der Waals surface area contributed by atoms with Gasteiger partial charge in [0, 0.05) is 18.9 Å². The zero-order chi connectivity index (χ0) is 19.8. The average molecular weight is 388 g/mol. The van der Waals surface area contributed by atoms with Crippen LogP contribution in [0.25, 0.3) is 0 Å². The van der Waals surface area contributed by atoms with E-state index >= 15 is 0 Å². The monoisotopic (exact) mass is 387 g/mol. The number of alkyl carbamates (subject to hydrolysis) is 1. The van der Waals surface area contributed by atoms with E-state index in [-0.39, 0.29) is 34.1 Å². The van der Waals surface area contributed by atoms with Crippen LogP contribution in [0.1, 0.15) is 58.4 Å². The lowest BCUT2D eigenvalue weighted by Gasteiger charge is -2.21. The van der Waals surface area contributed by atoms with Crippen molar-refractivity contribution in [1.82, 2.24) is 15.3 Å². The quantitative estimate of drug-likeness (QED) is 0.741. The molecule has 1 aliphatic carbocycles. The van der Waals surface area contributed by atoms with Crippen LogP contribution in [-0.2, 0) is 11.2 Å². The lowest BCUT2D eigenvalue weighted by Crippen LogP contribution is -2.34. The fourth-order valence-electron chi connectivity index (χ4n) is 2.81. The normalized spacial score (nSPS) is 13.0. The highest BCUT2D eigenvalue weighted by atomic mass is 35.5. The topological polar surface area (TPSA) is 98.2 Å². The van der Waals surface area contributed by atoms with Crippen LogP contribution in [0.3, 0.4) is 0 Å². The van der Waals surface area contributed by atoms with Gasteiger partial charge in [0.2, 0.25) is 11.6 Å². The minimum atomic E-state index is -0.600. The van der Waals surface area contributed by atoms with E-state index in [9.17, 15) is 14.4 Å². The van der Waals surface area contributed by atoms with Gasteiger partial charge in [0.1, 0.15) is 17.0 Å². The molecule has 2 aromatic heterocycles. The van der Waals surface area contributed by atoms with Gasteiger partial charge in [0.25, 0.3) is 0 Å². The number of hydrogen-bond donors (Lipinski definition) is 1. The highest BCUT2D eigenvalue weighted by Crippen LogP contribution is 2.31. The number of carbonyl (C=O) groups is 3. The fraction of sp³-hybridized carbons (Fsp3) is 0.316. The highest BCUT2D eigenvalue weighted by Gasteiger charge is 2.35. The minimum Gasteiger partial charge on any atom is -0.444 e. The largest absolute Gasteiger partial charge is 0.444 e. The van der Waals surface area contributed by atoms with Gasteiger partial charge in [-0.3, -0.25) is 19.6 Å². The van der Waals surface area contributed by atoms with Crippen LogP contribution in [0, 0.1) is 0 Å². The summed E-state index contributed by atoms with van der Waals surface area (Å²) < 4.78 is 5.18. The first-order valence-corrected chi connectivity index (χ1v) is 8.75. The molecule has 0 unspecified atom stereocenters. The molecule has 1 N–H and O–H groups in total. The molecule has 8 heteroatoms. The molecule has 1 amide bonds. The van der Waals surface area contributed by atoms with Gasteiger partial charge in [-0.1, -0.05) is 11.6 Å². The van der Waals surface area contributed by atoms with Gasteiger partial charge in [-0.05, 0) is 44.9 Å². The summed E-state index contributed by atoms with van der Waals surface area (Å²) in [5, 5.41) is 2.80. The maximum Gasteiger partial charge on any atom is 0.407 e. The van der Waals surface area contributed by atoms with E-state index in [1.54, 1.807) is 26.8 Å². The summed E-state index contributed by atoms with van der Waals surface area (Å²) in [4.78, 5) is 45.5. The molecule has 27 heavy (non-hydrogen) atoms. The van der Waals surface area contributed by atoms with Gasteiger partial charge in [0.05, 0.1) is 16.1 Å². The summed E-state index contributed by atoms with van der Waals surface area (Å²) in [6, 6.07) is 3.11. The van der Waals surface area contributed by atoms with Crippen molar-refractivity contribution in [3.8, 4) is 0 Å². The van der Waals surface area contributed by atoms with Crippen molar-refractivity contribution in [2.45, 2.75) is 32.8 Å². The Morgan fingerprint density at radius 1 is 1.07 bits per heavy atom. The van der Waals surface area contributed by atoms with E-state index in [1.807, 2.05) is 0 Å². The Bertz CT molecular complexity index is 950. The number of rotatable bonds is 3. The van der Waals surface area contributed by atoms with Crippen LogP contribution in [0.2, 0.25) is 5.02 Å². The first-order valence-electron chi connectivity index (χ1n) is 8.37. The van der Waals surface area contributed by atoms with Crippen molar-refractivity contribution >= 4 is 29.3 Å². The molecule has 3 rings (SSSR count). The Labute approximate surface area is 161 Å². The Balaban J connectivity index is 1.84. The standard InChI is InChI=1S/C19H18ClN3O4/c1-19(2,3)27-18(26)23-8-5-10-4-7-21-14-12(10)16(24)15-13(17(14)25)11(20)6-9-22-15/h4,6-7,9H,5,8H2,1-3H3,(H,23,26). The molecule has 0 aromatic carbocycles. The van der Waals surface area contributed by atoms with E-state index in [4.69, 9.17) is 16.3 Å². The Kier molecular flexibility index (Phi) is 4.97. The van der Waals surface area contributed by atoms with E-state index in [0.29, 0.717) is 12.0 Å². The molecule has 0 fully saturated rings. The van der Waals surface area contributed by atoms with Crippen LogP contribution in [-0.4, -0.2) is 39.8 Å². The number of pyridine rings is 2. The number of nitrogens with one attached hydrogen (secondary N) is 1. The van der Waals surface area contributed by atoms with Crippen LogP contribution in [0.15, 0.2) is 24.5 Å².